The Labute approximate surface area is 228 Å². The van der Waals surface area contributed by atoms with Crippen LogP contribution in [0.2, 0.25) is 0 Å². The van der Waals surface area contributed by atoms with Crippen LogP contribution in [0.1, 0.15) is 55.0 Å². The fraction of sp³-hybridized carbons (Fsp3) is 0.467. The number of ether oxygens (including phenoxy) is 3. The lowest BCUT2D eigenvalue weighted by molar-refractivity contribution is -0.176. The molecule has 4 N–H and O–H groups in total. The number of piperidine rings is 1. The fourth-order valence-electron chi connectivity index (χ4n) is 6.99. The highest BCUT2D eigenvalue weighted by molar-refractivity contribution is 5.82. The minimum absolute atomic E-state index is 0. The minimum atomic E-state index is -1.28. The summed E-state index contributed by atoms with van der Waals surface area (Å²) in [5.74, 6) is -0.505. The molecule has 1 fully saturated rings. The number of benzene rings is 2. The molecule has 1 saturated heterocycles. The molecular weight excluding hydrogens is 500 g/mol. The van der Waals surface area contributed by atoms with Gasteiger partial charge in [0.05, 0.1) is 24.0 Å². The number of carbonyl (C=O) groups is 2. The molecule has 2 aliphatic heterocycles. The molecule has 5 atom stereocenters. The summed E-state index contributed by atoms with van der Waals surface area (Å²) in [6.07, 6.45) is 1.19. The van der Waals surface area contributed by atoms with E-state index in [9.17, 15) is 19.8 Å². The van der Waals surface area contributed by atoms with Gasteiger partial charge in [-0.15, -0.1) is 0 Å². The minimum Gasteiger partial charge on any atom is -0.481 e. The van der Waals surface area contributed by atoms with E-state index in [0.29, 0.717) is 29.7 Å². The Morgan fingerprint density at radius 2 is 2.00 bits per heavy atom. The smallest absolute Gasteiger partial charge is 0.357 e. The summed E-state index contributed by atoms with van der Waals surface area (Å²) < 4.78 is 18.0. The van der Waals surface area contributed by atoms with Crippen LogP contribution in [0.15, 0.2) is 54.3 Å². The molecule has 4 aliphatic rings. The van der Waals surface area contributed by atoms with Crippen molar-refractivity contribution >= 4 is 11.9 Å². The number of likely N-dealkylation sites (N-methyl/N-ethyl adjacent to an activating group) is 1. The van der Waals surface area contributed by atoms with Crippen LogP contribution >= 0.6 is 0 Å². The summed E-state index contributed by atoms with van der Waals surface area (Å²) in [5.41, 5.74) is 6.64. The van der Waals surface area contributed by atoms with Crippen LogP contribution in [0, 0.1) is 0 Å². The maximum atomic E-state index is 13.6. The average molecular weight is 537 g/mol. The number of hydrogen-bond acceptors (Lipinski definition) is 9. The zero-order chi connectivity index (χ0) is 26.7. The van der Waals surface area contributed by atoms with E-state index in [1.165, 1.54) is 0 Å². The molecule has 2 aromatic rings. The zero-order valence-electron chi connectivity index (χ0n) is 21.3. The molecule has 0 amide bonds. The van der Waals surface area contributed by atoms with Gasteiger partial charge in [0.1, 0.15) is 11.5 Å². The van der Waals surface area contributed by atoms with Crippen molar-refractivity contribution in [2.75, 3.05) is 20.1 Å². The number of hydrogen-bond donors (Lipinski definition) is 3. The van der Waals surface area contributed by atoms with Crippen molar-refractivity contribution in [2.45, 2.75) is 69.0 Å². The van der Waals surface area contributed by atoms with Gasteiger partial charge >= 0.3 is 11.9 Å². The van der Waals surface area contributed by atoms with Crippen LogP contribution < -0.4 is 10.5 Å². The van der Waals surface area contributed by atoms with E-state index in [1.807, 2.05) is 19.2 Å². The quantitative estimate of drug-likeness (QED) is 0.456. The van der Waals surface area contributed by atoms with Crippen LogP contribution in [0.5, 0.6) is 5.75 Å². The number of nitrogens with zero attached hydrogens (tertiary/aromatic N) is 1. The molecule has 6 rings (SSSR count). The molecule has 208 valence electrons. The molecule has 2 aromatic carbocycles. The second-order valence-corrected chi connectivity index (χ2v) is 10.6. The van der Waals surface area contributed by atoms with E-state index in [4.69, 9.17) is 19.9 Å². The lowest BCUT2D eigenvalue weighted by Gasteiger charge is -2.61. The number of nitrogens with two attached hydrogens (primary N) is 1. The predicted molar refractivity (Wildman–Crippen MR) is 143 cm³/mol. The van der Waals surface area contributed by atoms with Crippen LogP contribution in [0.3, 0.4) is 0 Å². The molecule has 2 heterocycles. The van der Waals surface area contributed by atoms with Gasteiger partial charge in [-0.3, -0.25) is 4.79 Å². The Kier molecular flexibility index (Phi) is 7.05. The molecule has 1 spiro atoms. The summed E-state index contributed by atoms with van der Waals surface area (Å²) in [7, 11) is 2.02. The van der Waals surface area contributed by atoms with Crippen molar-refractivity contribution in [1.82, 2.24) is 4.90 Å². The van der Waals surface area contributed by atoms with Gasteiger partial charge in [0.15, 0.2) is 6.10 Å². The van der Waals surface area contributed by atoms with E-state index in [-0.39, 0.29) is 45.2 Å². The zero-order valence-corrected chi connectivity index (χ0v) is 21.3. The Bertz CT molecular complexity index is 1310. The molecule has 2 bridgehead atoms. The topological polar surface area (TPSA) is 132 Å². The number of aliphatic hydroxyl groups excluding tert-OH is 1. The third kappa shape index (κ3) is 3.90. The van der Waals surface area contributed by atoms with Crippen molar-refractivity contribution in [3.8, 4) is 5.75 Å². The first-order valence-corrected chi connectivity index (χ1v) is 13.1. The van der Waals surface area contributed by atoms with Gasteiger partial charge in [0.2, 0.25) is 6.10 Å². The number of carbonyl (C=O) groups excluding carboxylic acids is 2. The van der Waals surface area contributed by atoms with Gasteiger partial charge in [-0.2, -0.15) is 0 Å². The third-order valence-corrected chi connectivity index (χ3v) is 8.76. The van der Waals surface area contributed by atoms with E-state index in [0.717, 1.165) is 17.7 Å². The molecule has 39 heavy (non-hydrogen) atoms. The lowest BCUT2D eigenvalue weighted by Crippen LogP contribution is -2.74. The summed E-state index contributed by atoms with van der Waals surface area (Å²) in [6.45, 7) is 0.625. The molecule has 0 unspecified atom stereocenters. The summed E-state index contributed by atoms with van der Waals surface area (Å²) in [6, 6.07) is 12.4. The number of likely N-dealkylation sites (tertiary alicyclic amines) is 1. The van der Waals surface area contributed by atoms with Gasteiger partial charge in [-0.1, -0.05) is 49.9 Å². The molecule has 0 radical (unpaired) electrons. The van der Waals surface area contributed by atoms with Gasteiger partial charge in [-0.05, 0) is 38.1 Å². The van der Waals surface area contributed by atoms with Crippen molar-refractivity contribution in [3.63, 3.8) is 0 Å². The first-order chi connectivity index (χ1) is 18.3. The SMILES string of the molecule is C.CN1CC[C@]23c4c5ccc(CO)c4O[C@H]2C(OC(=O)[C@@H](OC(=O)CCN)c2ccccc2)=CC[C@@]3(O)[C@H]1C5. The van der Waals surface area contributed by atoms with Crippen LogP contribution in [-0.4, -0.2) is 64.9 Å². The van der Waals surface area contributed by atoms with Crippen LogP contribution in [0.4, 0.5) is 0 Å². The van der Waals surface area contributed by atoms with Crippen molar-refractivity contribution < 1.29 is 34.0 Å². The lowest BCUT2D eigenvalue weighted by atomic mass is 9.50. The van der Waals surface area contributed by atoms with Crippen LogP contribution in [0.25, 0.3) is 0 Å². The number of rotatable bonds is 7. The van der Waals surface area contributed by atoms with Crippen molar-refractivity contribution in [2.24, 2.45) is 5.73 Å². The fourth-order valence-corrected chi connectivity index (χ4v) is 6.99. The van der Waals surface area contributed by atoms with E-state index in [2.05, 4.69) is 4.90 Å². The molecule has 9 nitrogen and oxygen atoms in total. The Morgan fingerprint density at radius 3 is 2.72 bits per heavy atom. The maximum Gasteiger partial charge on any atom is 0.357 e. The Morgan fingerprint density at radius 1 is 1.23 bits per heavy atom. The maximum absolute atomic E-state index is 13.6. The van der Waals surface area contributed by atoms with Gasteiger partial charge in [0, 0.05) is 35.7 Å². The van der Waals surface area contributed by atoms with Gasteiger partial charge in [0.25, 0.3) is 0 Å². The average Bonchev–Trinajstić information content (AvgIpc) is 3.27. The Hall–Kier alpha value is -3.24. The predicted octanol–water partition coefficient (Wildman–Crippen LogP) is 2.27. The monoisotopic (exact) mass is 536 g/mol. The highest BCUT2D eigenvalue weighted by Gasteiger charge is 2.72. The summed E-state index contributed by atoms with van der Waals surface area (Å²) >= 11 is 0. The molecule has 2 aliphatic carbocycles. The van der Waals surface area contributed by atoms with Gasteiger partial charge in [-0.25, -0.2) is 4.79 Å². The third-order valence-electron chi connectivity index (χ3n) is 8.76. The highest BCUT2D eigenvalue weighted by Crippen LogP contribution is 2.64. The normalized spacial score (nSPS) is 28.8. The largest absolute Gasteiger partial charge is 0.481 e. The second kappa shape index (κ2) is 10.1. The Balaban J connectivity index is 0.00000308. The van der Waals surface area contributed by atoms with Crippen molar-refractivity contribution in [1.29, 1.82) is 0 Å². The van der Waals surface area contributed by atoms with Gasteiger partial charge < -0.3 is 35.1 Å². The second-order valence-electron chi connectivity index (χ2n) is 10.6. The standard InChI is InChI=1S/C29H32N2O7.CH4/c1-31-14-12-28-23-18-7-8-19(16-32)24(23)38-26(28)20(9-11-29(28,35)21(31)15-18)36-27(34)25(37-22(33)10-13-30)17-5-3-2-4-6-17;/h2-9,21,25-26,32,35H,10-16,30H2,1H3;1H4/t21-,25+,26+,28+,29-;/m1./s1. The molecule has 9 heteroatoms. The highest BCUT2D eigenvalue weighted by atomic mass is 16.6. The number of aliphatic hydroxyl groups is 2. The summed E-state index contributed by atoms with van der Waals surface area (Å²) in [5, 5.41) is 22.4. The van der Waals surface area contributed by atoms with E-state index in [1.54, 1.807) is 36.4 Å². The van der Waals surface area contributed by atoms with E-state index < -0.39 is 35.2 Å². The van der Waals surface area contributed by atoms with Crippen molar-refractivity contribution in [3.05, 3.63) is 76.6 Å². The number of esters is 2. The van der Waals surface area contributed by atoms with E-state index >= 15 is 0 Å². The first kappa shape index (κ1) is 27.3. The van der Waals surface area contributed by atoms with Crippen LogP contribution in [-0.2, 0) is 37.5 Å². The molecule has 0 aromatic heterocycles. The molecule has 0 saturated carbocycles. The summed E-state index contributed by atoms with van der Waals surface area (Å²) in [4.78, 5) is 28.1. The first-order valence-electron chi connectivity index (χ1n) is 13.1. The molecular formula is C30H36N2O7.